The van der Waals surface area contributed by atoms with Gasteiger partial charge in [0.15, 0.2) is 0 Å². The minimum atomic E-state index is -2.41. The minimum Gasteiger partial charge on any atom is -0.356 e. The Morgan fingerprint density at radius 3 is 2.53 bits per heavy atom. The van der Waals surface area contributed by atoms with Gasteiger partial charge in [-0.3, -0.25) is 0 Å². The summed E-state index contributed by atoms with van der Waals surface area (Å²) >= 11 is 3.29. The molecule has 1 aromatic rings. The third kappa shape index (κ3) is 1.36. The number of nitrogens with zero attached hydrogens (tertiary/aromatic N) is 2. The van der Waals surface area contributed by atoms with E-state index in [0.29, 0.717) is 13.1 Å². The van der Waals surface area contributed by atoms with Crippen molar-refractivity contribution in [2.24, 2.45) is 11.8 Å². The maximum Gasteiger partial charge on any atom is 0.258 e. The first-order chi connectivity index (χ1) is 7.09. The molecule has 15 heavy (non-hydrogen) atoms. The Labute approximate surface area is 94.4 Å². The van der Waals surface area contributed by atoms with Crippen molar-refractivity contribution in [2.45, 2.75) is 5.92 Å². The maximum atomic E-state index is 12.9. The van der Waals surface area contributed by atoms with E-state index < -0.39 is 17.8 Å². The van der Waals surface area contributed by atoms with Gasteiger partial charge in [-0.25, -0.2) is 13.8 Å². The number of alkyl halides is 2. The topological polar surface area (TPSA) is 16.1 Å². The van der Waals surface area contributed by atoms with E-state index in [2.05, 4.69) is 20.9 Å². The van der Waals surface area contributed by atoms with Crippen molar-refractivity contribution in [3.63, 3.8) is 0 Å². The van der Waals surface area contributed by atoms with Crippen LogP contribution in [0.4, 0.5) is 14.6 Å². The first-order valence-electron chi connectivity index (χ1n) is 4.83. The molecule has 5 heteroatoms. The lowest BCUT2D eigenvalue weighted by atomic mass is 10.4. The first-order valence-corrected chi connectivity index (χ1v) is 5.62. The van der Waals surface area contributed by atoms with Crippen LogP contribution in [0.15, 0.2) is 22.8 Å². The Morgan fingerprint density at radius 2 is 2.00 bits per heavy atom. The third-order valence-electron chi connectivity index (χ3n) is 3.24. The van der Waals surface area contributed by atoms with E-state index in [1.807, 2.05) is 17.0 Å². The van der Waals surface area contributed by atoms with Crippen molar-refractivity contribution in [2.75, 3.05) is 18.0 Å². The lowest BCUT2D eigenvalue weighted by Gasteiger charge is -2.20. The van der Waals surface area contributed by atoms with E-state index in [0.717, 1.165) is 10.3 Å². The highest BCUT2D eigenvalue weighted by Gasteiger charge is 2.71. The van der Waals surface area contributed by atoms with Gasteiger partial charge in [0.2, 0.25) is 0 Å². The predicted molar refractivity (Wildman–Crippen MR) is 56.1 cm³/mol. The lowest BCUT2D eigenvalue weighted by molar-refractivity contribution is 0.0797. The van der Waals surface area contributed by atoms with Crippen LogP contribution >= 0.6 is 15.9 Å². The highest BCUT2D eigenvalue weighted by Crippen LogP contribution is 2.59. The fourth-order valence-corrected chi connectivity index (χ4v) is 2.48. The molecule has 2 unspecified atom stereocenters. The summed E-state index contributed by atoms with van der Waals surface area (Å²) in [7, 11) is 0. The lowest BCUT2D eigenvalue weighted by Crippen LogP contribution is -2.27. The van der Waals surface area contributed by atoms with Gasteiger partial charge in [-0.1, -0.05) is 0 Å². The number of halogens is 3. The van der Waals surface area contributed by atoms with Gasteiger partial charge in [-0.05, 0) is 28.1 Å². The smallest absolute Gasteiger partial charge is 0.258 e. The standard InChI is InChI=1S/C10H9BrF2N2/c11-6-1-2-9(14-3-6)15-4-7-8(5-15)10(7,12)13/h1-3,7-8H,4-5H2. The van der Waals surface area contributed by atoms with E-state index in [1.165, 1.54) is 0 Å². The second-order valence-corrected chi connectivity index (χ2v) is 5.04. The van der Waals surface area contributed by atoms with Crippen LogP contribution in [0.1, 0.15) is 0 Å². The predicted octanol–water partition coefficient (Wildman–Crippen LogP) is 2.55. The van der Waals surface area contributed by atoms with Crippen LogP contribution in [0.25, 0.3) is 0 Å². The van der Waals surface area contributed by atoms with Gasteiger partial charge in [0, 0.05) is 23.8 Å². The molecule has 1 aromatic heterocycles. The summed E-state index contributed by atoms with van der Waals surface area (Å²) in [4.78, 5) is 6.13. The van der Waals surface area contributed by atoms with Gasteiger partial charge in [0.05, 0.1) is 11.8 Å². The van der Waals surface area contributed by atoms with Crippen molar-refractivity contribution in [3.8, 4) is 0 Å². The third-order valence-corrected chi connectivity index (χ3v) is 3.70. The van der Waals surface area contributed by atoms with Crippen LogP contribution in [0.5, 0.6) is 0 Å². The van der Waals surface area contributed by atoms with Gasteiger partial charge in [-0.2, -0.15) is 0 Å². The van der Waals surface area contributed by atoms with Crippen molar-refractivity contribution < 1.29 is 8.78 Å². The molecule has 0 amide bonds. The molecule has 2 nitrogen and oxygen atoms in total. The second-order valence-electron chi connectivity index (χ2n) is 4.13. The Hall–Kier alpha value is -0.710. The Morgan fingerprint density at radius 1 is 1.33 bits per heavy atom. The zero-order valence-corrected chi connectivity index (χ0v) is 9.42. The zero-order valence-electron chi connectivity index (χ0n) is 7.83. The molecule has 2 atom stereocenters. The summed E-state index contributed by atoms with van der Waals surface area (Å²) in [5.74, 6) is -2.50. The number of hydrogen-bond acceptors (Lipinski definition) is 2. The van der Waals surface area contributed by atoms with Crippen LogP contribution in [-0.4, -0.2) is 24.0 Å². The number of anilines is 1. The fraction of sp³-hybridized carbons (Fsp3) is 0.500. The van der Waals surface area contributed by atoms with Crippen molar-refractivity contribution in [3.05, 3.63) is 22.8 Å². The second kappa shape index (κ2) is 2.90. The molecule has 1 saturated heterocycles. The molecule has 2 aliphatic rings. The molecule has 1 saturated carbocycles. The van der Waals surface area contributed by atoms with E-state index in [1.54, 1.807) is 6.20 Å². The maximum absolute atomic E-state index is 12.9. The van der Waals surface area contributed by atoms with Crippen molar-refractivity contribution in [1.29, 1.82) is 0 Å². The summed E-state index contributed by atoms with van der Waals surface area (Å²) in [5.41, 5.74) is 0. The van der Waals surface area contributed by atoms with E-state index in [9.17, 15) is 8.78 Å². The van der Waals surface area contributed by atoms with Gasteiger partial charge in [0.25, 0.3) is 5.92 Å². The minimum absolute atomic E-state index is 0.437. The zero-order chi connectivity index (χ0) is 10.6. The number of aromatic nitrogens is 1. The van der Waals surface area contributed by atoms with Crippen LogP contribution in [0, 0.1) is 11.8 Å². The Kier molecular flexibility index (Phi) is 1.84. The van der Waals surface area contributed by atoms with Crippen LogP contribution in [0.3, 0.4) is 0 Å². The summed E-state index contributed by atoms with van der Waals surface area (Å²) in [6.45, 7) is 0.874. The number of rotatable bonds is 1. The van der Waals surface area contributed by atoms with Crippen molar-refractivity contribution >= 4 is 21.7 Å². The van der Waals surface area contributed by atoms with Crippen LogP contribution in [-0.2, 0) is 0 Å². The highest BCUT2D eigenvalue weighted by atomic mass is 79.9. The molecule has 0 N–H and O–H groups in total. The monoisotopic (exact) mass is 274 g/mol. The average molecular weight is 275 g/mol. The van der Waals surface area contributed by atoms with Gasteiger partial charge in [-0.15, -0.1) is 0 Å². The molecule has 3 rings (SSSR count). The number of fused-ring (bicyclic) bond motifs is 1. The molecular formula is C10H9BrF2N2. The SMILES string of the molecule is FC1(F)C2CN(c3ccc(Br)cn3)CC21. The number of hydrogen-bond donors (Lipinski definition) is 0. The van der Waals surface area contributed by atoms with E-state index >= 15 is 0 Å². The number of piperidine rings is 1. The molecule has 1 aliphatic heterocycles. The molecule has 0 bridgehead atoms. The molecule has 0 spiro atoms. The van der Waals surface area contributed by atoms with Gasteiger partial charge in [0.1, 0.15) is 5.82 Å². The van der Waals surface area contributed by atoms with E-state index in [-0.39, 0.29) is 0 Å². The van der Waals surface area contributed by atoms with Crippen LogP contribution < -0.4 is 4.90 Å². The molecule has 0 aromatic carbocycles. The number of pyridine rings is 1. The largest absolute Gasteiger partial charge is 0.356 e. The summed E-state index contributed by atoms with van der Waals surface area (Å²) in [5, 5.41) is 0. The van der Waals surface area contributed by atoms with Gasteiger partial charge >= 0.3 is 0 Å². The normalized spacial score (nSPS) is 31.5. The molecule has 1 aliphatic carbocycles. The van der Waals surface area contributed by atoms with Crippen molar-refractivity contribution in [1.82, 2.24) is 4.98 Å². The summed E-state index contributed by atoms with van der Waals surface area (Å²) in [6, 6.07) is 3.73. The van der Waals surface area contributed by atoms with Crippen LogP contribution in [0.2, 0.25) is 0 Å². The molecule has 2 heterocycles. The molecular weight excluding hydrogens is 266 g/mol. The summed E-state index contributed by atoms with van der Waals surface area (Å²) < 4.78 is 26.8. The molecule has 80 valence electrons. The Bertz CT molecular complexity index is 379. The Balaban J connectivity index is 1.75. The van der Waals surface area contributed by atoms with E-state index in [4.69, 9.17) is 0 Å². The average Bonchev–Trinajstić information content (AvgIpc) is 2.64. The quantitative estimate of drug-likeness (QED) is 0.783. The van der Waals surface area contributed by atoms with Gasteiger partial charge < -0.3 is 4.90 Å². The highest BCUT2D eigenvalue weighted by molar-refractivity contribution is 9.10. The molecule has 2 fully saturated rings. The molecule has 0 radical (unpaired) electrons. The first kappa shape index (κ1) is 9.51. The fourth-order valence-electron chi connectivity index (χ4n) is 2.25. The summed E-state index contributed by atoms with van der Waals surface area (Å²) in [6.07, 6.45) is 1.69.